The lowest BCUT2D eigenvalue weighted by atomic mass is 9.89. The molecule has 6 heteroatoms. The van der Waals surface area contributed by atoms with Crippen LogP contribution in [0.4, 0.5) is 0 Å². The van der Waals surface area contributed by atoms with Crippen molar-refractivity contribution in [3.8, 4) is 0 Å². The van der Waals surface area contributed by atoms with Crippen LogP contribution in [0, 0.1) is 5.92 Å². The van der Waals surface area contributed by atoms with Crippen molar-refractivity contribution in [2.75, 3.05) is 0 Å². The number of aliphatic hydroxyl groups is 1. The van der Waals surface area contributed by atoms with Crippen molar-refractivity contribution in [2.24, 2.45) is 11.7 Å². The number of aliphatic carboxylic acids is 1. The predicted octanol–water partition coefficient (Wildman–Crippen LogP) is 0.919. The van der Waals surface area contributed by atoms with E-state index >= 15 is 0 Å². The maximum absolute atomic E-state index is 12.2. The van der Waals surface area contributed by atoms with E-state index in [1.165, 1.54) is 0 Å². The number of rotatable bonds is 5. The Morgan fingerprint density at radius 2 is 1.76 bits per heavy atom. The first-order valence-electron chi connectivity index (χ1n) is 6.55. The Balaban J connectivity index is 3.06. The van der Waals surface area contributed by atoms with Crippen molar-refractivity contribution in [2.45, 2.75) is 38.5 Å². The van der Waals surface area contributed by atoms with Crippen LogP contribution in [0.3, 0.4) is 0 Å². The molecule has 0 aromatic heterocycles. The van der Waals surface area contributed by atoms with E-state index < -0.39 is 29.2 Å². The van der Waals surface area contributed by atoms with E-state index in [2.05, 4.69) is 0 Å². The van der Waals surface area contributed by atoms with Gasteiger partial charge in [0.15, 0.2) is 0 Å². The first kappa shape index (κ1) is 17.1. The smallest absolute Gasteiger partial charge is 0.351 e. The van der Waals surface area contributed by atoms with Crippen LogP contribution in [0.25, 0.3) is 0 Å². The zero-order valence-electron chi connectivity index (χ0n) is 12.4. The molecule has 21 heavy (non-hydrogen) atoms. The first-order valence-corrected chi connectivity index (χ1v) is 6.55. The molecule has 0 aliphatic carbocycles. The summed E-state index contributed by atoms with van der Waals surface area (Å²) in [4.78, 5) is 23.3. The maximum atomic E-state index is 12.2. The van der Waals surface area contributed by atoms with Gasteiger partial charge in [-0.25, -0.2) is 4.79 Å². The number of hydrogen-bond donors (Lipinski definition) is 3. The normalized spacial score (nSPS) is 15.9. The maximum Gasteiger partial charge on any atom is 0.351 e. The summed E-state index contributed by atoms with van der Waals surface area (Å²) >= 11 is 0. The average Bonchev–Trinajstić information content (AvgIpc) is 2.34. The molecule has 0 saturated heterocycles. The van der Waals surface area contributed by atoms with Gasteiger partial charge in [0, 0.05) is 0 Å². The van der Waals surface area contributed by atoms with Gasteiger partial charge >= 0.3 is 11.9 Å². The van der Waals surface area contributed by atoms with E-state index in [9.17, 15) is 14.7 Å². The summed E-state index contributed by atoms with van der Waals surface area (Å²) in [5.41, 5.74) is 2.60. The highest BCUT2D eigenvalue weighted by molar-refractivity contribution is 5.86. The second kappa shape index (κ2) is 6.24. The molecule has 0 radical (unpaired) electrons. The van der Waals surface area contributed by atoms with Crippen LogP contribution in [0.5, 0.6) is 0 Å². The highest BCUT2D eigenvalue weighted by atomic mass is 16.6. The number of ether oxygens (including phenoxy) is 1. The molecular formula is C15H21NO5. The number of hydrogen-bond acceptors (Lipinski definition) is 5. The fourth-order valence-corrected chi connectivity index (χ4v) is 1.79. The van der Waals surface area contributed by atoms with Gasteiger partial charge < -0.3 is 14.9 Å². The second-order valence-electron chi connectivity index (χ2n) is 5.91. The lowest BCUT2D eigenvalue weighted by Crippen LogP contribution is -2.58. The molecule has 6 nitrogen and oxygen atoms in total. The third kappa shape index (κ3) is 4.84. The molecule has 0 aliphatic heterocycles. The summed E-state index contributed by atoms with van der Waals surface area (Å²) in [6.45, 7) is 4.96. The molecule has 0 saturated carbocycles. The largest absolute Gasteiger partial charge is 0.478 e. The average molecular weight is 295 g/mol. The fourth-order valence-electron chi connectivity index (χ4n) is 1.79. The Labute approximate surface area is 123 Å². The zero-order valence-corrected chi connectivity index (χ0v) is 12.4. The van der Waals surface area contributed by atoms with Crippen LogP contribution in [-0.2, 0) is 20.7 Å². The van der Waals surface area contributed by atoms with Crippen molar-refractivity contribution in [1.82, 2.24) is 0 Å². The summed E-state index contributed by atoms with van der Waals surface area (Å²) in [6.07, 6.45) is -0.0327. The first-order chi connectivity index (χ1) is 9.54. The van der Waals surface area contributed by atoms with E-state index in [0.717, 1.165) is 0 Å². The molecule has 116 valence electrons. The number of carboxylic acid groups (broad SMARTS) is 1. The highest BCUT2D eigenvalue weighted by Crippen LogP contribution is 2.23. The van der Waals surface area contributed by atoms with Gasteiger partial charge in [-0.1, -0.05) is 30.3 Å². The topological polar surface area (TPSA) is 110 Å². The molecule has 1 rings (SSSR count). The monoisotopic (exact) mass is 295 g/mol. The van der Waals surface area contributed by atoms with Crippen molar-refractivity contribution < 1.29 is 24.5 Å². The van der Waals surface area contributed by atoms with E-state index in [-0.39, 0.29) is 6.42 Å². The van der Waals surface area contributed by atoms with Gasteiger partial charge in [-0.15, -0.1) is 0 Å². The van der Waals surface area contributed by atoms with Crippen LogP contribution >= 0.6 is 0 Å². The zero-order chi connectivity index (χ0) is 16.3. The van der Waals surface area contributed by atoms with E-state index in [0.29, 0.717) is 5.56 Å². The number of benzene rings is 1. The summed E-state index contributed by atoms with van der Waals surface area (Å²) in [5, 5.41) is 19.0. The third-order valence-electron chi connectivity index (χ3n) is 2.85. The highest BCUT2D eigenvalue weighted by Gasteiger charge is 2.46. The Bertz CT molecular complexity index is 505. The Morgan fingerprint density at radius 1 is 1.24 bits per heavy atom. The summed E-state index contributed by atoms with van der Waals surface area (Å²) in [5.74, 6) is -3.93. The molecule has 1 aromatic rings. The summed E-state index contributed by atoms with van der Waals surface area (Å²) < 4.78 is 5.17. The Kier molecular flexibility index (Phi) is 5.09. The van der Waals surface area contributed by atoms with E-state index in [4.69, 9.17) is 15.6 Å². The van der Waals surface area contributed by atoms with Gasteiger partial charge in [0.05, 0.1) is 0 Å². The van der Waals surface area contributed by atoms with Gasteiger partial charge in [-0.3, -0.25) is 10.5 Å². The minimum absolute atomic E-state index is 0.0327. The SMILES string of the molecule is CC(C)(C)OC(=O)[C@@H](Cc1ccccc1)[C@](N)(O)C(=O)O. The molecule has 0 aliphatic rings. The lowest BCUT2D eigenvalue weighted by molar-refractivity contribution is -0.182. The number of carbonyl (C=O) groups excluding carboxylic acids is 1. The van der Waals surface area contributed by atoms with Crippen LogP contribution in [0.1, 0.15) is 26.3 Å². The minimum atomic E-state index is -2.70. The van der Waals surface area contributed by atoms with Crippen molar-refractivity contribution in [3.63, 3.8) is 0 Å². The molecular weight excluding hydrogens is 274 g/mol. The summed E-state index contributed by atoms with van der Waals surface area (Å²) in [7, 11) is 0. The Morgan fingerprint density at radius 3 is 2.19 bits per heavy atom. The van der Waals surface area contributed by atoms with Crippen LogP contribution in [0.15, 0.2) is 30.3 Å². The van der Waals surface area contributed by atoms with Gasteiger partial charge in [-0.05, 0) is 32.8 Å². The van der Waals surface area contributed by atoms with E-state index in [1.807, 2.05) is 0 Å². The molecule has 1 aromatic carbocycles. The number of nitrogens with two attached hydrogens (primary N) is 1. The number of carbonyl (C=O) groups is 2. The molecule has 0 fully saturated rings. The quantitative estimate of drug-likeness (QED) is 0.550. The van der Waals surface area contributed by atoms with Crippen molar-refractivity contribution in [1.29, 1.82) is 0 Å². The van der Waals surface area contributed by atoms with Crippen LogP contribution < -0.4 is 5.73 Å². The molecule has 0 heterocycles. The van der Waals surface area contributed by atoms with Gasteiger partial charge in [-0.2, -0.15) is 0 Å². The number of carboxylic acids is 1. The molecule has 0 amide bonds. The molecule has 4 N–H and O–H groups in total. The molecule has 2 atom stereocenters. The third-order valence-corrected chi connectivity index (χ3v) is 2.85. The van der Waals surface area contributed by atoms with Crippen LogP contribution in [0.2, 0.25) is 0 Å². The van der Waals surface area contributed by atoms with Crippen molar-refractivity contribution >= 4 is 11.9 Å². The van der Waals surface area contributed by atoms with Gasteiger partial charge in [0.2, 0.25) is 5.72 Å². The standard InChI is InChI=1S/C15H21NO5/c1-14(2,3)21-12(17)11(15(16,20)13(18)19)9-10-7-5-4-6-8-10/h4-8,11,20H,9,16H2,1-3H3,(H,18,19)/t11-,15+/m1/s1. The van der Waals surface area contributed by atoms with Gasteiger partial charge in [0.25, 0.3) is 0 Å². The van der Waals surface area contributed by atoms with Gasteiger partial charge in [0.1, 0.15) is 11.5 Å². The van der Waals surface area contributed by atoms with Crippen molar-refractivity contribution in [3.05, 3.63) is 35.9 Å². The molecule has 0 spiro atoms. The lowest BCUT2D eigenvalue weighted by Gasteiger charge is -2.30. The molecule has 0 bridgehead atoms. The van der Waals surface area contributed by atoms with E-state index in [1.54, 1.807) is 51.1 Å². The minimum Gasteiger partial charge on any atom is -0.478 e. The second-order valence-corrected chi connectivity index (χ2v) is 5.91. The summed E-state index contributed by atoms with van der Waals surface area (Å²) in [6, 6.07) is 8.72. The fraction of sp³-hybridized carbons (Fsp3) is 0.467. The predicted molar refractivity (Wildman–Crippen MR) is 76.3 cm³/mol. The Hall–Kier alpha value is -1.92. The van der Waals surface area contributed by atoms with Crippen LogP contribution in [-0.4, -0.2) is 33.5 Å². The number of esters is 1. The molecule has 0 unspecified atom stereocenters.